The number of urea groups is 1. The molecule has 1 atom stereocenters. The number of hydrogen-bond donors (Lipinski definition) is 1. The van der Waals surface area contributed by atoms with Crippen LogP contribution in [0.15, 0.2) is 48.5 Å². The Morgan fingerprint density at radius 1 is 1.00 bits per heavy atom. The third kappa shape index (κ3) is 2.57. The molecule has 1 saturated carbocycles. The molecule has 0 aromatic heterocycles. The van der Waals surface area contributed by atoms with Crippen molar-refractivity contribution in [2.45, 2.75) is 31.3 Å². The summed E-state index contributed by atoms with van der Waals surface area (Å²) in [6.07, 6.45) is 3.07. The quantitative estimate of drug-likeness (QED) is 0.641. The molecular weight excluding hydrogens is 373 g/mol. The molecule has 1 unspecified atom stereocenters. The highest BCUT2D eigenvalue weighted by Crippen LogP contribution is 2.45. The van der Waals surface area contributed by atoms with Crippen molar-refractivity contribution < 1.29 is 18.8 Å². The molecule has 2 aromatic carbocycles. The predicted octanol–water partition coefficient (Wildman–Crippen LogP) is 2.92. The highest BCUT2D eigenvalue weighted by Gasteiger charge is 2.64. The summed E-state index contributed by atoms with van der Waals surface area (Å²) in [5, 5.41) is 2.69. The van der Waals surface area contributed by atoms with Crippen molar-refractivity contribution in [2.75, 3.05) is 11.4 Å². The number of rotatable bonds is 4. The van der Waals surface area contributed by atoms with Crippen molar-refractivity contribution in [3.63, 3.8) is 0 Å². The van der Waals surface area contributed by atoms with E-state index in [1.165, 1.54) is 21.9 Å². The first-order valence-electron chi connectivity index (χ1n) is 9.81. The van der Waals surface area contributed by atoms with E-state index in [0.717, 1.165) is 19.3 Å². The number of fused-ring (bicyclic) bond motifs is 2. The molecule has 7 heteroatoms. The average Bonchev–Trinajstić information content (AvgIpc) is 3.06. The van der Waals surface area contributed by atoms with Gasteiger partial charge in [-0.25, -0.2) is 9.18 Å². The monoisotopic (exact) mass is 393 g/mol. The number of nitrogens with zero attached hydrogens (tertiary/aromatic N) is 2. The smallest absolute Gasteiger partial charge is 0.311 e. The summed E-state index contributed by atoms with van der Waals surface area (Å²) in [5.41, 5.74) is -0.102. The van der Waals surface area contributed by atoms with Gasteiger partial charge in [0.15, 0.2) is 0 Å². The number of carbonyl (C=O) groups excluding carboxylic acids is 3. The number of carbonyl (C=O) groups is 3. The Hall–Kier alpha value is -3.22. The van der Waals surface area contributed by atoms with E-state index in [4.69, 9.17) is 0 Å². The van der Waals surface area contributed by atoms with Crippen LogP contribution in [0, 0.1) is 11.7 Å². The van der Waals surface area contributed by atoms with Crippen LogP contribution in [0.25, 0.3) is 0 Å². The fourth-order valence-corrected chi connectivity index (χ4v) is 4.43. The molecule has 2 aliphatic heterocycles. The first-order chi connectivity index (χ1) is 14.0. The Labute approximate surface area is 167 Å². The zero-order chi connectivity index (χ0) is 20.2. The minimum Gasteiger partial charge on any atom is -0.311 e. The maximum atomic E-state index is 13.6. The molecule has 6 nitrogen and oxygen atoms in total. The molecule has 1 N–H and O–H groups in total. The number of nitrogens with one attached hydrogen (secondary N) is 1. The first-order valence-corrected chi connectivity index (χ1v) is 9.81. The lowest BCUT2D eigenvalue weighted by atomic mass is 9.84. The van der Waals surface area contributed by atoms with Crippen LogP contribution in [0.2, 0.25) is 0 Å². The van der Waals surface area contributed by atoms with Gasteiger partial charge in [0.05, 0.1) is 12.2 Å². The molecule has 1 spiro atoms. The second-order valence-corrected chi connectivity index (χ2v) is 7.93. The molecule has 2 aromatic rings. The summed E-state index contributed by atoms with van der Waals surface area (Å²) in [7, 11) is 0. The molecule has 1 aliphatic carbocycles. The Bertz CT molecular complexity index is 1040. The first kappa shape index (κ1) is 17.8. The molecule has 148 valence electrons. The van der Waals surface area contributed by atoms with E-state index >= 15 is 0 Å². The van der Waals surface area contributed by atoms with Crippen molar-refractivity contribution in [3.05, 3.63) is 65.5 Å². The largest absolute Gasteiger partial charge is 0.325 e. The van der Waals surface area contributed by atoms with E-state index in [1.54, 1.807) is 36.4 Å². The predicted molar refractivity (Wildman–Crippen MR) is 103 cm³/mol. The van der Waals surface area contributed by atoms with Crippen LogP contribution in [-0.2, 0) is 21.7 Å². The third-order valence-electron chi connectivity index (χ3n) is 6.17. The maximum absolute atomic E-state index is 13.6. The SMILES string of the molecule is O=C1NC2(C(=O)N1CC1CCC1)C(=O)N(Cc1cccc(F)c1)c1ccccc12. The number of hydrogen-bond acceptors (Lipinski definition) is 3. The maximum Gasteiger partial charge on any atom is 0.325 e. The number of imide groups is 1. The Balaban J connectivity index is 1.53. The lowest BCUT2D eigenvalue weighted by Crippen LogP contribution is -2.52. The fourth-order valence-electron chi connectivity index (χ4n) is 4.43. The summed E-state index contributed by atoms with van der Waals surface area (Å²) in [4.78, 5) is 42.2. The summed E-state index contributed by atoms with van der Waals surface area (Å²) < 4.78 is 13.6. The summed E-state index contributed by atoms with van der Waals surface area (Å²) in [6.45, 7) is 0.451. The number of amides is 4. The van der Waals surface area contributed by atoms with Gasteiger partial charge in [-0.3, -0.25) is 14.5 Å². The second-order valence-electron chi connectivity index (χ2n) is 7.93. The molecular formula is C22H20FN3O3. The zero-order valence-corrected chi connectivity index (χ0v) is 15.7. The van der Waals surface area contributed by atoms with Crippen LogP contribution in [0.4, 0.5) is 14.9 Å². The van der Waals surface area contributed by atoms with Crippen molar-refractivity contribution in [3.8, 4) is 0 Å². The molecule has 0 bridgehead atoms. The Morgan fingerprint density at radius 3 is 2.48 bits per heavy atom. The number of halogens is 1. The van der Waals surface area contributed by atoms with Gasteiger partial charge in [0.1, 0.15) is 5.82 Å². The van der Waals surface area contributed by atoms with Gasteiger partial charge in [-0.1, -0.05) is 36.8 Å². The van der Waals surface area contributed by atoms with Crippen LogP contribution in [-0.4, -0.2) is 29.3 Å². The van der Waals surface area contributed by atoms with E-state index < -0.39 is 29.2 Å². The fraction of sp³-hybridized carbons (Fsp3) is 0.318. The number of anilines is 1. The number of para-hydroxylation sites is 1. The van der Waals surface area contributed by atoms with Crippen LogP contribution in [0.1, 0.15) is 30.4 Å². The van der Waals surface area contributed by atoms with Crippen LogP contribution in [0.3, 0.4) is 0 Å². The summed E-state index contributed by atoms with van der Waals surface area (Å²) >= 11 is 0. The van der Waals surface area contributed by atoms with Crippen LogP contribution in [0.5, 0.6) is 0 Å². The third-order valence-corrected chi connectivity index (χ3v) is 6.17. The van der Waals surface area contributed by atoms with E-state index in [1.807, 2.05) is 0 Å². The van der Waals surface area contributed by atoms with E-state index in [2.05, 4.69) is 5.32 Å². The molecule has 2 heterocycles. The van der Waals surface area contributed by atoms with Gasteiger partial charge in [-0.15, -0.1) is 0 Å². The second kappa shape index (κ2) is 6.40. The normalized spacial score (nSPS) is 23.6. The molecule has 29 heavy (non-hydrogen) atoms. The zero-order valence-electron chi connectivity index (χ0n) is 15.7. The number of benzene rings is 2. The molecule has 1 saturated heterocycles. The van der Waals surface area contributed by atoms with Gasteiger partial charge in [0, 0.05) is 12.1 Å². The molecule has 5 rings (SSSR count). The van der Waals surface area contributed by atoms with Crippen molar-refractivity contribution in [1.82, 2.24) is 10.2 Å². The van der Waals surface area contributed by atoms with E-state index in [-0.39, 0.29) is 6.54 Å². The van der Waals surface area contributed by atoms with Gasteiger partial charge in [-0.05, 0) is 42.5 Å². The summed E-state index contributed by atoms with van der Waals surface area (Å²) in [5.74, 6) is -1.12. The van der Waals surface area contributed by atoms with Gasteiger partial charge in [0.25, 0.3) is 11.8 Å². The van der Waals surface area contributed by atoms with Crippen molar-refractivity contribution >= 4 is 23.5 Å². The van der Waals surface area contributed by atoms with Crippen molar-refractivity contribution in [1.29, 1.82) is 0 Å². The van der Waals surface area contributed by atoms with Crippen LogP contribution < -0.4 is 10.2 Å². The summed E-state index contributed by atoms with van der Waals surface area (Å²) in [6, 6.07) is 12.4. The molecule has 4 amide bonds. The Morgan fingerprint density at radius 2 is 1.76 bits per heavy atom. The lowest BCUT2D eigenvalue weighted by Gasteiger charge is -2.29. The lowest BCUT2D eigenvalue weighted by molar-refractivity contribution is -0.138. The molecule has 3 aliphatic rings. The van der Waals surface area contributed by atoms with Crippen LogP contribution >= 0.6 is 0 Å². The van der Waals surface area contributed by atoms with Gasteiger partial charge in [-0.2, -0.15) is 0 Å². The Kier molecular flexibility index (Phi) is 3.94. The van der Waals surface area contributed by atoms with Crippen molar-refractivity contribution in [2.24, 2.45) is 5.92 Å². The standard InChI is InChI=1S/C22H20FN3O3/c23-16-8-4-7-15(11-16)13-25-18-10-2-1-9-17(18)22(19(25)27)20(28)26(21(29)24-22)12-14-5-3-6-14/h1-2,4,7-11,14H,3,5-6,12-13H2,(H,24,29). The van der Waals surface area contributed by atoms with Gasteiger partial charge in [0.2, 0.25) is 5.54 Å². The highest BCUT2D eigenvalue weighted by atomic mass is 19.1. The average molecular weight is 393 g/mol. The van der Waals surface area contributed by atoms with Gasteiger partial charge < -0.3 is 10.2 Å². The van der Waals surface area contributed by atoms with E-state index in [9.17, 15) is 18.8 Å². The topological polar surface area (TPSA) is 69.7 Å². The minimum atomic E-state index is -1.73. The highest BCUT2D eigenvalue weighted by molar-refractivity contribution is 6.27. The van der Waals surface area contributed by atoms with E-state index in [0.29, 0.717) is 29.3 Å². The molecule has 0 radical (unpaired) electrons. The minimum absolute atomic E-state index is 0.112. The van der Waals surface area contributed by atoms with Gasteiger partial charge >= 0.3 is 6.03 Å². The molecule has 2 fully saturated rings.